The van der Waals surface area contributed by atoms with Crippen LogP contribution in [0.3, 0.4) is 0 Å². The molecular formula is C6H10N2O2S. The quantitative estimate of drug-likeness (QED) is 0.418. The summed E-state index contributed by atoms with van der Waals surface area (Å²) in [6, 6.07) is 0. The van der Waals surface area contributed by atoms with E-state index in [2.05, 4.69) is 15.0 Å². The fraction of sp³-hybridized carbons (Fsp3) is 0.333. The number of hydrogen-bond acceptors (Lipinski definition) is 5. The van der Waals surface area contributed by atoms with E-state index >= 15 is 0 Å². The summed E-state index contributed by atoms with van der Waals surface area (Å²) in [7, 11) is 0. The average Bonchev–Trinajstić information content (AvgIpc) is 2.64. The van der Waals surface area contributed by atoms with Gasteiger partial charge in [-0.25, -0.2) is 10.2 Å². The zero-order valence-corrected chi connectivity index (χ0v) is 6.76. The van der Waals surface area contributed by atoms with Crippen molar-refractivity contribution in [3.63, 3.8) is 0 Å². The molecule has 0 unspecified atom stereocenters. The van der Waals surface area contributed by atoms with Gasteiger partial charge in [0.2, 0.25) is 0 Å². The lowest BCUT2D eigenvalue weighted by molar-refractivity contribution is 0.172. The Hall–Kier alpha value is -0.650. The molecule has 2 rings (SSSR count). The molecule has 0 aliphatic carbocycles. The largest absolute Gasteiger partial charge is 0.391 e. The van der Waals surface area contributed by atoms with Gasteiger partial charge in [-0.05, 0) is 12.2 Å². The van der Waals surface area contributed by atoms with E-state index in [0.29, 0.717) is 0 Å². The van der Waals surface area contributed by atoms with E-state index in [1.165, 1.54) is 12.2 Å². The van der Waals surface area contributed by atoms with Gasteiger partial charge in [-0.3, -0.25) is 4.18 Å². The summed E-state index contributed by atoms with van der Waals surface area (Å²) in [4.78, 5) is 4.55. The Balaban J connectivity index is 0.000000112. The first-order chi connectivity index (χ1) is 5.50. The third-order valence-corrected chi connectivity index (χ3v) is 1.50. The molecular weight excluding hydrogens is 164 g/mol. The zero-order chi connectivity index (χ0) is 7.78. The smallest absolute Gasteiger partial charge is 0.119 e. The summed E-state index contributed by atoms with van der Waals surface area (Å²) in [6.07, 6.45) is 6.93. The van der Waals surface area contributed by atoms with Gasteiger partial charge in [0.15, 0.2) is 0 Å². The Morgan fingerprint density at radius 1 is 1.36 bits per heavy atom. The molecule has 0 radical (unpaired) electrons. The van der Waals surface area contributed by atoms with E-state index in [4.69, 9.17) is 4.18 Å². The molecule has 0 aromatic carbocycles. The normalized spacial score (nSPS) is 19.6. The highest BCUT2D eigenvalue weighted by Gasteiger charge is 1.94. The van der Waals surface area contributed by atoms with Gasteiger partial charge in [0.25, 0.3) is 0 Å². The Morgan fingerprint density at radius 2 is 2.36 bits per heavy atom. The van der Waals surface area contributed by atoms with Crippen LogP contribution in [-0.4, -0.2) is 13.2 Å². The number of rotatable bonds is 0. The SMILES string of the molecule is C1=CNOC=C1.C1COSN1. The standard InChI is InChI=1S/C4H5NO.C2H5NOS/c1-2-4-6-5-3-1;1-2-4-5-3-1/h1-5H;3H,1-2H2. The highest BCUT2D eigenvalue weighted by molar-refractivity contribution is 7.92. The summed E-state index contributed by atoms with van der Waals surface area (Å²) in [5.41, 5.74) is 2.52. The predicted octanol–water partition coefficient (Wildman–Crippen LogP) is 0.718. The minimum atomic E-state index is 0.852. The van der Waals surface area contributed by atoms with Gasteiger partial charge in [-0.1, -0.05) is 0 Å². The maximum absolute atomic E-state index is 4.75. The average molecular weight is 174 g/mol. The third kappa shape index (κ3) is 4.72. The highest BCUT2D eigenvalue weighted by Crippen LogP contribution is 1.99. The number of hydroxylamine groups is 1. The van der Waals surface area contributed by atoms with E-state index in [9.17, 15) is 0 Å². The van der Waals surface area contributed by atoms with E-state index in [0.717, 1.165) is 13.2 Å². The lowest BCUT2D eigenvalue weighted by atomic mass is 10.6. The second kappa shape index (κ2) is 6.09. The molecule has 62 valence electrons. The highest BCUT2D eigenvalue weighted by atomic mass is 32.2. The molecule has 2 aliphatic rings. The number of nitrogens with one attached hydrogen (secondary N) is 2. The van der Waals surface area contributed by atoms with Crippen molar-refractivity contribution in [3.05, 3.63) is 24.6 Å². The molecule has 11 heavy (non-hydrogen) atoms. The fourth-order valence-corrected chi connectivity index (χ4v) is 0.883. The Bertz CT molecular complexity index is 126. The molecule has 0 bridgehead atoms. The fourth-order valence-electron chi connectivity index (χ4n) is 0.466. The van der Waals surface area contributed by atoms with Crippen LogP contribution in [0.25, 0.3) is 0 Å². The Labute approximate surface area is 69.9 Å². The van der Waals surface area contributed by atoms with Crippen LogP contribution in [0.4, 0.5) is 0 Å². The lowest BCUT2D eigenvalue weighted by Gasteiger charge is -1.97. The number of hydrogen-bond donors (Lipinski definition) is 2. The molecule has 5 heteroatoms. The van der Waals surface area contributed by atoms with E-state index in [1.54, 1.807) is 18.5 Å². The molecule has 1 saturated heterocycles. The minimum Gasteiger partial charge on any atom is -0.391 e. The second-order valence-electron chi connectivity index (χ2n) is 1.72. The molecule has 0 aromatic rings. The van der Waals surface area contributed by atoms with E-state index in [-0.39, 0.29) is 0 Å². The zero-order valence-electron chi connectivity index (χ0n) is 5.95. The van der Waals surface area contributed by atoms with Crippen molar-refractivity contribution in [1.82, 2.24) is 10.2 Å². The number of allylic oxidation sites excluding steroid dienone is 2. The van der Waals surface area contributed by atoms with Crippen molar-refractivity contribution in [1.29, 1.82) is 0 Å². The molecule has 0 atom stereocenters. The summed E-state index contributed by atoms with van der Waals surface area (Å²) in [6.45, 7) is 1.84. The monoisotopic (exact) mass is 174 g/mol. The van der Waals surface area contributed by atoms with Crippen LogP contribution in [0.2, 0.25) is 0 Å². The van der Waals surface area contributed by atoms with Crippen molar-refractivity contribution in [2.24, 2.45) is 0 Å². The van der Waals surface area contributed by atoms with E-state index in [1.807, 2.05) is 6.08 Å². The minimum absolute atomic E-state index is 0.852. The molecule has 4 nitrogen and oxygen atoms in total. The van der Waals surface area contributed by atoms with Gasteiger partial charge in [0, 0.05) is 12.7 Å². The Morgan fingerprint density at radius 3 is 2.55 bits per heavy atom. The van der Waals surface area contributed by atoms with Crippen LogP contribution in [0, 0.1) is 0 Å². The van der Waals surface area contributed by atoms with Gasteiger partial charge in [0.1, 0.15) is 6.26 Å². The summed E-state index contributed by atoms with van der Waals surface area (Å²) >= 11 is 1.32. The molecule has 2 N–H and O–H groups in total. The summed E-state index contributed by atoms with van der Waals surface area (Å²) in [5.74, 6) is 0. The van der Waals surface area contributed by atoms with Gasteiger partial charge in [-0.15, -0.1) is 0 Å². The van der Waals surface area contributed by atoms with Crippen LogP contribution in [-0.2, 0) is 9.02 Å². The molecule has 0 aromatic heterocycles. The van der Waals surface area contributed by atoms with Crippen molar-refractivity contribution >= 4 is 12.2 Å². The van der Waals surface area contributed by atoms with Crippen LogP contribution in [0.5, 0.6) is 0 Å². The van der Waals surface area contributed by atoms with Crippen LogP contribution in [0.1, 0.15) is 0 Å². The van der Waals surface area contributed by atoms with Crippen molar-refractivity contribution in [3.8, 4) is 0 Å². The lowest BCUT2D eigenvalue weighted by Crippen LogP contribution is -2.01. The summed E-state index contributed by atoms with van der Waals surface area (Å²) in [5, 5.41) is 0. The van der Waals surface area contributed by atoms with Crippen molar-refractivity contribution in [2.45, 2.75) is 0 Å². The third-order valence-electron chi connectivity index (χ3n) is 0.895. The Kier molecular flexibility index (Phi) is 4.67. The van der Waals surface area contributed by atoms with Gasteiger partial charge >= 0.3 is 0 Å². The molecule has 1 fully saturated rings. The van der Waals surface area contributed by atoms with Gasteiger partial charge in [-0.2, -0.15) is 0 Å². The van der Waals surface area contributed by atoms with Crippen LogP contribution < -0.4 is 10.2 Å². The first-order valence-electron chi connectivity index (χ1n) is 3.24. The van der Waals surface area contributed by atoms with Crippen LogP contribution >= 0.6 is 12.2 Å². The van der Waals surface area contributed by atoms with Crippen LogP contribution in [0.15, 0.2) is 24.6 Å². The molecule has 2 heterocycles. The first-order valence-corrected chi connectivity index (χ1v) is 3.98. The van der Waals surface area contributed by atoms with Gasteiger partial charge < -0.3 is 4.84 Å². The van der Waals surface area contributed by atoms with Crippen molar-refractivity contribution < 1.29 is 9.02 Å². The molecule has 0 spiro atoms. The predicted molar refractivity (Wildman–Crippen MR) is 44.0 cm³/mol. The van der Waals surface area contributed by atoms with E-state index < -0.39 is 0 Å². The summed E-state index contributed by atoms with van der Waals surface area (Å²) < 4.78 is 7.67. The maximum atomic E-state index is 4.75. The molecule has 2 aliphatic heterocycles. The molecule has 0 saturated carbocycles. The second-order valence-corrected chi connectivity index (χ2v) is 2.41. The maximum Gasteiger partial charge on any atom is 0.119 e. The topological polar surface area (TPSA) is 42.5 Å². The van der Waals surface area contributed by atoms with Crippen molar-refractivity contribution in [2.75, 3.05) is 13.2 Å². The van der Waals surface area contributed by atoms with Gasteiger partial charge in [0.05, 0.1) is 18.8 Å². The first kappa shape index (κ1) is 8.45. The molecule has 0 amide bonds.